The maximum absolute atomic E-state index is 12.4. The monoisotopic (exact) mass is 413 g/mol. The number of nitrogens with zero attached hydrogens (tertiary/aromatic N) is 2. The van der Waals surface area contributed by atoms with Gasteiger partial charge < -0.3 is 21.7 Å². The van der Waals surface area contributed by atoms with Crippen LogP contribution in [-0.4, -0.2) is 35.8 Å². The highest BCUT2D eigenvalue weighted by atomic mass is 32.1. The van der Waals surface area contributed by atoms with Crippen molar-refractivity contribution < 1.29 is 9.59 Å². The number of benzene rings is 1. The number of nitrogens with two attached hydrogens (primary N) is 1. The van der Waals surface area contributed by atoms with Gasteiger partial charge in [-0.3, -0.25) is 15.0 Å². The molecule has 0 bridgehead atoms. The molecule has 6 N–H and O–H groups in total. The average molecular weight is 414 g/mol. The molecule has 0 aliphatic carbocycles. The summed E-state index contributed by atoms with van der Waals surface area (Å²) in [5.41, 5.74) is 7.28. The van der Waals surface area contributed by atoms with Crippen LogP contribution in [0.15, 0.2) is 29.6 Å². The molecule has 1 atom stereocenters. The Morgan fingerprint density at radius 3 is 2.90 bits per heavy atom. The Hall–Kier alpha value is -3.45. The number of amides is 2. The van der Waals surface area contributed by atoms with Crippen LogP contribution in [-0.2, 0) is 4.79 Å². The average Bonchev–Trinajstić information content (AvgIpc) is 3.14. The lowest BCUT2D eigenvalue weighted by Gasteiger charge is -2.11. The number of hydrogen-bond donors (Lipinski definition) is 5. The predicted molar refractivity (Wildman–Crippen MR) is 112 cm³/mol. The third kappa shape index (κ3) is 7.23. The minimum absolute atomic E-state index is 0.00389. The van der Waals surface area contributed by atoms with Crippen molar-refractivity contribution in [1.29, 1.82) is 10.7 Å². The van der Waals surface area contributed by atoms with Crippen molar-refractivity contribution in [3.8, 4) is 17.3 Å². The zero-order chi connectivity index (χ0) is 21.2. The molecule has 2 rings (SSSR count). The highest BCUT2D eigenvalue weighted by Gasteiger charge is 2.12. The smallest absolute Gasteiger partial charge is 0.251 e. The van der Waals surface area contributed by atoms with Gasteiger partial charge >= 0.3 is 0 Å². The van der Waals surface area contributed by atoms with Crippen LogP contribution in [0.5, 0.6) is 0 Å². The number of hydrogen-bond acceptors (Lipinski definition) is 6. The maximum Gasteiger partial charge on any atom is 0.251 e. The number of thiazole rings is 1. The van der Waals surface area contributed by atoms with Crippen LogP contribution in [0.1, 0.15) is 30.1 Å². The van der Waals surface area contributed by atoms with Gasteiger partial charge in [-0.25, -0.2) is 4.98 Å². The Morgan fingerprint density at radius 1 is 1.38 bits per heavy atom. The summed E-state index contributed by atoms with van der Waals surface area (Å²) < 4.78 is 0. The van der Waals surface area contributed by atoms with Gasteiger partial charge in [0.25, 0.3) is 5.91 Å². The lowest BCUT2D eigenvalue weighted by Crippen LogP contribution is -2.28. The van der Waals surface area contributed by atoms with Crippen LogP contribution in [0.3, 0.4) is 0 Å². The molecule has 2 amide bonds. The first kappa shape index (κ1) is 21.8. The second-order valence-electron chi connectivity index (χ2n) is 6.45. The molecule has 1 unspecified atom stereocenters. The predicted octanol–water partition coefficient (Wildman–Crippen LogP) is 1.90. The standard InChI is InChI=1S/C19H23N7O2S/c1-12(9-16(27)23-8-6-20)5-7-24-17(28)14-4-2-3-13(10-14)15-11-29-19(25-15)26-18(21)22/h2-4,10-12H,5,7-9H2,1H3,(H,23,27)(H,24,28)(H4,21,22,25,26). The normalized spacial score (nSPS) is 11.2. The summed E-state index contributed by atoms with van der Waals surface area (Å²) in [6, 6.07) is 8.97. The molecule has 1 aromatic carbocycles. The molecule has 0 saturated heterocycles. The first-order valence-electron chi connectivity index (χ1n) is 8.98. The Morgan fingerprint density at radius 2 is 2.17 bits per heavy atom. The van der Waals surface area contributed by atoms with E-state index in [4.69, 9.17) is 16.4 Å². The largest absolute Gasteiger partial charge is 0.370 e. The van der Waals surface area contributed by atoms with Crippen molar-refractivity contribution in [2.75, 3.05) is 18.4 Å². The Bertz CT molecular complexity index is 919. The van der Waals surface area contributed by atoms with Crippen LogP contribution in [0.4, 0.5) is 5.13 Å². The van der Waals surface area contributed by atoms with E-state index in [-0.39, 0.29) is 30.2 Å². The molecule has 0 aliphatic rings. The molecule has 1 heterocycles. The fourth-order valence-electron chi connectivity index (χ4n) is 2.56. The third-order valence-corrected chi connectivity index (χ3v) is 4.75. The van der Waals surface area contributed by atoms with Gasteiger partial charge in [-0.1, -0.05) is 19.1 Å². The van der Waals surface area contributed by atoms with Crippen LogP contribution in [0.2, 0.25) is 0 Å². The number of nitriles is 1. The zero-order valence-electron chi connectivity index (χ0n) is 16.0. The van der Waals surface area contributed by atoms with Crippen molar-refractivity contribution in [3.05, 3.63) is 35.2 Å². The summed E-state index contributed by atoms with van der Waals surface area (Å²) in [5.74, 6) is -0.469. The van der Waals surface area contributed by atoms with Gasteiger partial charge in [-0.05, 0) is 24.5 Å². The van der Waals surface area contributed by atoms with Crippen LogP contribution in [0.25, 0.3) is 11.3 Å². The fourth-order valence-corrected chi connectivity index (χ4v) is 3.29. The van der Waals surface area contributed by atoms with Crippen molar-refractivity contribution in [1.82, 2.24) is 15.6 Å². The van der Waals surface area contributed by atoms with E-state index in [9.17, 15) is 9.59 Å². The molecule has 29 heavy (non-hydrogen) atoms. The number of carbonyl (C=O) groups excluding carboxylic acids is 2. The highest BCUT2D eigenvalue weighted by Crippen LogP contribution is 2.25. The molecular weight excluding hydrogens is 390 g/mol. The van der Waals surface area contributed by atoms with Gasteiger partial charge in [-0.15, -0.1) is 11.3 Å². The van der Waals surface area contributed by atoms with E-state index < -0.39 is 0 Å². The summed E-state index contributed by atoms with van der Waals surface area (Å²) >= 11 is 1.32. The van der Waals surface area contributed by atoms with E-state index in [1.54, 1.807) is 18.2 Å². The molecule has 0 aliphatic heterocycles. The number of anilines is 1. The van der Waals surface area contributed by atoms with E-state index in [1.807, 2.05) is 24.4 Å². The molecule has 152 valence electrons. The number of guanidine groups is 1. The Balaban J connectivity index is 1.88. The molecule has 0 saturated carbocycles. The Kier molecular flexibility index (Phi) is 8.12. The minimum Gasteiger partial charge on any atom is -0.370 e. The lowest BCUT2D eigenvalue weighted by atomic mass is 10.0. The third-order valence-electron chi connectivity index (χ3n) is 3.99. The summed E-state index contributed by atoms with van der Waals surface area (Å²) in [6.45, 7) is 2.37. The number of rotatable bonds is 9. The van der Waals surface area contributed by atoms with E-state index in [2.05, 4.69) is 20.9 Å². The number of nitrogens with one attached hydrogen (secondary N) is 4. The second-order valence-corrected chi connectivity index (χ2v) is 7.30. The molecule has 1 aromatic heterocycles. The molecule has 2 aromatic rings. The van der Waals surface area contributed by atoms with Crippen LogP contribution < -0.4 is 21.7 Å². The van der Waals surface area contributed by atoms with Crippen molar-refractivity contribution in [2.24, 2.45) is 11.7 Å². The topological polar surface area (TPSA) is 157 Å². The second kappa shape index (κ2) is 10.8. The van der Waals surface area contributed by atoms with E-state index >= 15 is 0 Å². The van der Waals surface area contributed by atoms with Gasteiger partial charge in [0.1, 0.15) is 6.54 Å². The van der Waals surface area contributed by atoms with Crippen LogP contribution >= 0.6 is 11.3 Å². The van der Waals surface area contributed by atoms with Crippen molar-refractivity contribution >= 4 is 34.2 Å². The molecule has 0 radical (unpaired) electrons. The number of carbonyl (C=O) groups is 2. The molecule has 0 fully saturated rings. The van der Waals surface area contributed by atoms with Gasteiger partial charge in [0.15, 0.2) is 11.1 Å². The molecule has 0 spiro atoms. The van der Waals surface area contributed by atoms with Gasteiger partial charge in [0.05, 0.1) is 11.8 Å². The quantitative estimate of drug-likeness (QED) is 0.240. The summed E-state index contributed by atoms with van der Waals surface area (Å²) in [7, 11) is 0. The van der Waals surface area contributed by atoms with Gasteiger partial charge in [-0.2, -0.15) is 5.26 Å². The van der Waals surface area contributed by atoms with Crippen molar-refractivity contribution in [3.63, 3.8) is 0 Å². The minimum atomic E-state index is -0.203. The Labute approximate surface area is 172 Å². The molecular formula is C19H23N7O2S. The zero-order valence-corrected chi connectivity index (χ0v) is 16.8. The summed E-state index contributed by atoms with van der Waals surface area (Å²) in [4.78, 5) is 28.4. The van der Waals surface area contributed by atoms with Crippen LogP contribution in [0, 0.1) is 22.7 Å². The van der Waals surface area contributed by atoms with Crippen molar-refractivity contribution in [2.45, 2.75) is 19.8 Å². The van der Waals surface area contributed by atoms with E-state index in [1.165, 1.54) is 11.3 Å². The molecule has 9 nitrogen and oxygen atoms in total. The first-order chi connectivity index (χ1) is 13.9. The molecule has 10 heteroatoms. The van der Waals surface area contributed by atoms with Gasteiger partial charge in [0, 0.05) is 29.5 Å². The number of aromatic nitrogens is 1. The fraction of sp³-hybridized carbons (Fsp3) is 0.316. The SMILES string of the molecule is CC(CCNC(=O)c1cccc(-c2csc(NC(=N)N)n2)c1)CC(=O)NCC#N. The van der Waals surface area contributed by atoms with Gasteiger partial charge in [0.2, 0.25) is 5.91 Å². The van der Waals surface area contributed by atoms with E-state index in [0.29, 0.717) is 35.8 Å². The first-order valence-corrected chi connectivity index (χ1v) is 9.86. The summed E-state index contributed by atoms with van der Waals surface area (Å²) in [5, 5.41) is 26.0. The summed E-state index contributed by atoms with van der Waals surface area (Å²) in [6.07, 6.45) is 0.963. The lowest BCUT2D eigenvalue weighted by molar-refractivity contribution is -0.121. The van der Waals surface area contributed by atoms with E-state index in [0.717, 1.165) is 5.56 Å². The highest BCUT2D eigenvalue weighted by molar-refractivity contribution is 7.14. The maximum atomic E-state index is 12.4.